The largest absolute Gasteiger partial charge is 0.272 e. The third-order valence-corrected chi connectivity index (χ3v) is 3.96. The number of hydrogen-bond acceptors (Lipinski definition) is 3. The summed E-state index contributed by atoms with van der Waals surface area (Å²) in [6, 6.07) is 9.69. The maximum Gasteiger partial charge on any atom is 0.272 e. The number of benzene rings is 1. The van der Waals surface area contributed by atoms with E-state index < -0.39 is 0 Å². The summed E-state index contributed by atoms with van der Waals surface area (Å²) in [5, 5.41) is 8.39. The fourth-order valence-corrected chi connectivity index (χ4v) is 3.11. The number of rotatable bonds is 1. The van der Waals surface area contributed by atoms with Gasteiger partial charge in [-0.2, -0.15) is 5.10 Å². The third-order valence-electron chi connectivity index (χ3n) is 2.99. The first-order chi connectivity index (χ1) is 8.66. The van der Waals surface area contributed by atoms with E-state index in [0.717, 1.165) is 16.6 Å². The normalized spacial score (nSPS) is 11.0. The zero-order chi connectivity index (χ0) is 12.7. The number of hydrogen-bond donors (Lipinski definition) is 1. The minimum atomic E-state index is -0.140. The van der Waals surface area contributed by atoms with Crippen molar-refractivity contribution in [3.05, 3.63) is 50.4 Å². The Morgan fingerprint density at radius 2 is 1.89 bits per heavy atom. The van der Waals surface area contributed by atoms with Gasteiger partial charge in [0.15, 0.2) is 0 Å². The molecule has 0 aliphatic carbocycles. The highest BCUT2D eigenvalue weighted by Crippen LogP contribution is 2.32. The van der Waals surface area contributed by atoms with E-state index in [1.54, 1.807) is 11.3 Å². The van der Waals surface area contributed by atoms with Gasteiger partial charge in [-0.05, 0) is 26.0 Å². The van der Waals surface area contributed by atoms with Crippen molar-refractivity contribution in [2.75, 3.05) is 0 Å². The average molecular weight is 256 g/mol. The van der Waals surface area contributed by atoms with Crippen LogP contribution in [0.3, 0.4) is 0 Å². The Balaban J connectivity index is 2.40. The van der Waals surface area contributed by atoms with E-state index >= 15 is 0 Å². The van der Waals surface area contributed by atoms with Crippen molar-refractivity contribution in [3.63, 3.8) is 0 Å². The van der Waals surface area contributed by atoms with Crippen LogP contribution >= 0.6 is 11.3 Å². The van der Waals surface area contributed by atoms with Gasteiger partial charge in [0.25, 0.3) is 5.56 Å². The summed E-state index contributed by atoms with van der Waals surface area (Å²) in [4.78, 5) is 14.2. The molecule has 0 spiro atoms. The topological polar surface area (TPSA) is 45.8 Å². The van der Waals surface area contributed by atoms with Crippen molar-refractivity contribution in [1.29, 1.82) is 0 Å². The highest BCUT2D eigenvalue weighted by molar-refractivity contribution is 7.12. The van der Waals surface area contributed by atoms with Crippen LogP contribution in [0.4, 0.5) is 0 Å². The molecule has 0 aliphatic rings. The minimum Gasteiger partial charge on any atom is -0.267 e. The van der Waals surface area contributed by atoms with E-state index in [1.165, 1.54) is 9.75 Å². The van der Waals surface area contributed by atoms with Crippen LogP contribution in [0.1, 0.15) is 9.75 Å². The Kier molecular flexibility index (Phi) is 2.52. The van der Waals surface area contributed by atoms with E-state index in [4.69, 9.17) is 0 Å². The number of aromatic amines is 1. The van der Waals surface area contributed by atoms with Gasteiger partial charge in [-0.25, -0.2) is 5.10 Å². The first-order valence-corrected chi connectivity index (χ1v) is 6.53. The zero-order valence-electron chi connectivity index (χ0n) is 10.2. The molecular weight excluding hydrogens is 244 g/mol. The molecule has 0 radical (unpaired) electrons. The lowest BCUT2D eigenvalue weighted by Crippen LogP contribution is -2.09. The Hall–Kier alpha value is -1.94. The summed E-state index contributed by atoms with van der Waals surface area (Å²) < 4.78 is 0. The number of thiophene rings is 1. The van der Waals surface area contributed by atoms with Gasteiger partial charge < -0.3 is 0 Å². The van der Waals surface area contributed by atoms with Gasteiger partial charge in [-0.15, -0.1) is 11.3 Å². The van der Waals surface area contributed by atoms with Crippen LogP contribution in [0.25, 0.3) is 22.0 Å². The average Bonchev–Trinajstić information content (AvgIpc) is 2.69. The van der Waals surface area contributed by atoms with Crippen LogP contribution in [0.15, 0.2) is 35.1 Å². The van der Waals surface area contributed by atoms with E-state index in [2.05, 4.69) is 30.1 Å². The van der Waals surface area contributed by atoms with Crippen LogP contribution in [0, 0.1) is 13.8 Å². The summed E-state index contributed by atoms with van der Waals surface area (Å²) in [5.41, 5.74) is 1.82. The fraction of sp³-hybridized carbons (Fsp3) is 0.143. The lowest BCUT2D eigenvalue weighted by Gasteiger charge is -2.03. The summed E-state index contributed by atoms with van der Waals surface area (Å²) in [6.07, 6.45) is 0. The molecule has 1 N–H and O–H groups in total. The molecule has 4 heteroatoms. The molecular formula is C14H12N2OS. The van der Waals surface area contributed by atoms with E-state index in [9.17, 15) is 4.79 Å². The summed E-state index contributed by atoms with van der Waals surface area (Å²) in [7, 11) is 0. The molecule has 0 aliphatic heterocycles. The molecule has 2 heterocycles. The van der Waals surface area contributed by atoms with Crippen LogP contribution in [-0.4, -0.2) is 10.2 Å². The maximum absolute atomic E-state index is 11.7. The standard InChI is InChI=1S/C14H12N2OS/c1-8-7-12(9(2)18-8)13-10-5-3-4-6-11(10)14(17)16-15-13/h3-7H,1-2H3,(H,16,17). The van der Waals surface area contributed by atoms with Crippen molar-refractivity contribution in [2.45, 2.75) is 13.8 Å². The molecule has 3 aromatic rings. The molecule has 0 atom stereocenters. The van der Waals surface area contributed by atoms with Crippen LogP contribution in [-0.2, 0) is 0 Å². The highest BCUT2D eigenvalue weighted by Gasteiger charge is 2.12. The second-order valence-corrected chi connectivity index (χ2v) is 5.73. The predicted octanol–water partition coefficient (Wildman–Crippen LogP) is 3.27. The molecule has 0 bridgehead atoms. The Bertz CT molecular complexity index is 786. The maximum atomic E-state index is 11.7. The number of fused-ring (bicyclic) bond motifs is 1. The monoisotopic (exact) mass is 256 g/mol. The third kappa shape index (κ3) is 1.66. The van der Waals surface area contributed by atoms with Gasteiger partial charge >= 0.3 is 0 Å². The Morgan fingerprint density at radius 3 is 2.56 bits per heavy atom. The smallest absolute Gasteiger partial charge is 0.267 e. The predicted molar refractivity (Wildman–Crippen MR) is 75.2 cm³/mol. The quantitative estimate of drug-likeness (QED) is 0.726. The van der Waals surface area contributed by atoms with Gasteiger partial charge in [0.2, 0.25) is 0 Å². The van der Waals surface area contributed by atoms with Gasteiger partial charge in [-0.3, -0.25) is 4.79 Å². The molecule has 3 nitrogen and oxygen atoms in total. The second kappa shape index (κ2) is 4.07. The van der Waals surface area contributed by atoms with Gasteiger partial charge in [0.05, 0.1) is 11.1 Å². The number of nitrogens with zero attached hydrogens (tertiary/aromatic N) is 1. The number of aryl methyl sites for hydroxylation is 2. The number of nitrogens with one attached hydrogen (secondary N) is 1. The molecule has 0 saturated heterocycles. The van der Waals surface area contributed by atoms with E-state index in [1.807, 2.05) is 24.3 Å². The van der Waals surface area contributed by atoms with Crippen molar-refractivity contribution in [3.8, 4) is 11.3 Å². The van der Waals surface area contributed by atoms with Crippen molar-refractivity contribution < 1.29 is 0 Å². The highest BCUT2D eigenvalue weighted by atomic mass is 32.1. The summed E-state index contributed by atoms with van der Waals surface area (Å²) in [6.45, 7) is 4.16. The molecule has 2 aromatic heterocycles. The van der Waals surface area contributed by atoms with Gasteiger partial charge in [-0.1, -0.05) is 18.2 Å². The SMILES string of the molecule is Cc1cc(-c2n[nH]c(=O)c3ccccc23)c(C)s1. The molecule has 0 unspecified atom stereocenters. The first kappa shape index (κ1) is 11.2. The molecule has 1 aromatic carbocycles. The Morgan fingerprint density at radius 1 is 1.17 bits per heavy atom. The molecule has 90 valence electrons. The van der Waals surface area contributed by atoms with Crippen molar-refractivity contribution in [2.24, 2.45) is 0 Å². The molecule has 0 amide bonds. The molecule has 0 fully saturated rings. The Labute approximate surface area is 108 Å². The lowest BCUT2D eigenvalue weighted by atomic mass is 10.1. The van der Waals surface area contributed by atoms with Crippen LogP contribution in [0.2, 0.25) is 0 Å². The van der Waals surface area contributed by atoms with Crippen LogP contribution in [0.5, 0.6) is 0 Å². The van der Waals surface area contributed by atoms with Gasteiger partial charge in [0.1, 0.15) is 0 Å². The van der Waals surface area contributed by atoms with Gasteiger partial charge in [0, 0.05) is 20.7 Å². The molecule has 3 rings (SSSR count). The van der Waals surface area contributed by atoms with Crippen LogP contribution < -0.4 is 5.56 Å². The minimum absolute atomic E-state index is 0.140. The van der Waals surface area contributed by atoms with Crippen molar-refractivity contribution >= 4 is 22.1 Å². The van der Waals surface area contributed by atoms with Crippen molar-refractivity contribution in [1.82, 2.24) is 10.2 Å². The summed E-state index contributed by atoms with van der Waals surface area (Å²) in [5.74, 6) is 0. The first-order valence-electron chi connectivity index (χ1n) is 5.71. The lowest BCUT2D eigenvalue weighted by molar-refractivity contribution is 1.02. The second-order valence-electron chi connectivity index (χ2n) is 4.27. The molecule has 18 heavy (non-hydrogen) atoms. The summed E-state index contributed by atoms with van der Waals surface area (Å²) >= 11 is 1.74. The number of H-pyrrole nitrogens is 1. The van der Waals surface area contributed by atoms with E-state index in [-0.39, 0.29) is 5.56 Å². The van der Waals surface area contributed by atoms with E-state index in [0.29, 0.717) is 5.39 Å². The fourth-order valence-electron chi connectivity index (χ4n) is 2.19. The molecule has 0 saturated carbocycles. The zero-order valence-corrected chi connectivity index (χ0v) is 11.0. The number of aromatic nitrogens is 2.